The molecule has 0 saturated carbocycles. The van der Waals surface area contributed by atoms with Crippen LogP contribution >= 0.6 is 0 Å². The Kier molecular flexibility index (Phi) is 4.31. The van der Waals surface area contributed by atoms with E-state index < -0.39 is 5.97 Å². The standard InChI is InChI=1S/C12H17NO2/c1-10(8-12(14)15)13(2)9-11-6-4-3-5-7-11/h3-7,10H,8-9H2,1-2H3,(H,14,15). The lowest BCUT2D eigenvalue weighted by Gasteiger charge is -2.23. The van der Waals surface area contributed by atoms with E-state index in [0.29, 0.717) is 0 Å². The van der Waals surface area contributed by atoms with Crippen molar-refractivity contribution < 1.29 is 9.90 Å². The molecule has 3 nitrogen and oxygen atoms in total. The number of hydrogen-bond acceptors (Lipinski definition) is 2. The predicted molar refractivity (Wildman–Crippen MR) is 59.6 cm³/mol. The first-order chi connectivity index (χ1) is 7.09. The highest BCUT2D eigenvalue weighted by Crippen LogP contribution is 2.07. The monoisotopic (exact) mass is 207 g/mol. The van der Waals surface area contributed by atoms with E-state index in [1.54, 1.807) is 0 Å². The summed E-state index contributed by atoms with van der Waals surface area (Å²) in [5.41, 5.74) is 1.21. The molecule has 0 spiro atoms. The average molecular weight is 207 g/mol. The average Bonchev–Trinajstić information content (AvgIpc) is 2.18. The molecule has 0 radical (unpaired) electrons. The molecule has 1 aromatic carbocycles. The van der Waals surface area contributed by atoms with Crippen LogP contribution < -0.4 is 0 Å². The van der Waals surface area contributed by atoms with Crippen molar-refractivity contribution in [3.63, 3.8) is 0 Å². The summed E-state index contributed by atoms with van der Waals surface area (Å²) in [5, 5.41) is 8.67. The lowest BCUT2D eigenvalue weighted by molar-refractivity contribution is -0.138. The van der Waals surface area contributed by atoms with Gasteiger partial charge < -0.3 is 5.11 Å². The molecule has 0 amide bonds. The summed E-state index contributed by atoms with van der Waals surface area (Å²) < 4.78 is 0. The van der Waals surface area contributed by atoms with E-state index in [4.69, 9.17) is 5.11 Å². The van der Waals surface area contributed by atoms with Crippen molar-refractivity contribution in [1.82, 2.24) is 4.90 Å². The second-order valence-corrected chi connectivity index (χ2v) is 3.85. The maximum absolute atomic E-state index is 10.5. The lowest BCUT2D eigenvalue weighted by atomic mass is 10.1. The normalized spacial score (nSPS) is 12.7. The van der Waals surface area contributed by atoms with E-state index in [1.807, 2.05) is 49.2 Å². The molecule has 0 heterocycles. The topological polar surface area (TPSA) is 40.5 Å². The van der Waals surface area contributed by atoms with Gasteiger partial charge in [-0.15, -0.1) is 0 Å². The molecule has 0 aromatic heterocycles. The molecule has 1 atom stereocenters. The Bertz CT molecular complexity index is 311. The molecule has 15 heavy (non-hydrogen) atoms. The first-order valence-electron chi connectivity index (χ1n) is 5.05. The highest BCUT2D eigenvalue weighted by molar-refractivity contribution is 5.67. The van der Waals surface area contributed by atoms with Gasteiger partial charge >= 0.3 is 5.97 Å². The second-order valence-electron chi connectivity index (χ2n) is 3.85. The Hall–Kier alpha value is -1.35. The SMILES string of the molecule is CC(CC(=O)O)N(C)Cc1ccccc1. The third kappa shape index (κ3) is 4.13. The zero-order valence-electron chi connectivity index (χ0n) is 9.18. The molecule has 0 bridgehead atoms. The first kappa shape index (κ1) is 11.7. The van der Waals surface area contributed by atoms with E-state index in [2.05, 4.69) is 0 Å². The largest absolute Gasteiger partial charge is 0.481 e. The number of nitrogens with zero attached hydrogens (tertiary/aromatic N) is 1. The van der Waals surface area contributed by atoms with E-state index in [-0.39, 0.29) is 12.5 Å². The zero-order chi connectivity index (χ0) is 11.3. The van der Waals surface area contributed by atoms with Crippen LogP contribution in [0, 0.1) is 0 Å². The Morgan fingerprint density at radius 3 is 2.53 bits per heavy atom. The molecule has 0 fully saturated rings. The van der Waals surface area contributed by atoms with Crippen LogP contribution in [0.1, 0.15) is 18.9 Å². The summed E-state index contributed by atoms with van der Waals surface area (Å²) in [7, 11) is 1.95. The molecule has 1 rings (SSSR count). The van der Waals surface area contributed by atoms with Gasteiger partial charge in [0.05, 0.1) is 6.42 Å². The summed E-state index contributed by atoms with van der Waals surface area (Å²) in [6.45, 7) is 2.71. The van der Waals surface area contributed by atoms with Gasteiger partial charge in [0.15, 0.2) is 0 Å². The molecular weight excluding hydrogens is 190 g/mol. The minimum Gasteiger partial charge on any atom is -0.481 e. The van der Waals surface area contributed by atoms with Crippen molar-refractivity contribution >= 4 is 5.97 Å². The molecule has 0 aliphatic rings. The molecule has 1 aromatic rings. The van der Waals surface area contributed by atoms with Crippen LogP contribution in [0.4, 0.5) is 0 Å². The van der Waals surface area contributed by atoms with Crippen molar-refractivity contribution in [1.29, 1.82) is 0 Å². The van der Waals surface area contributed by atoms with Crippen LogP contribution in [-0.2, 0) is 11.3 Å². The summed E-state index contributed by atoms with van der Waals surface area (Å²) >= 11 is 0. The fourth-order valence-corrected chi connectivity index (χ4v) is 1.44. The van der Waals surface area contributed by atoms with Crippen LogP contribution in [0.25, 0.3) is 0 Å². The third-order valence-corrected chi connectivity index (χ3v) is 2.50. The zero-order valence-corrected chi connectivity index (χ0v) is 9.18. The minimum atomic E-state index is -0.748. The first-order valence-corrected chi connectivity index (χ1v) is 5.05. The number of benzene rings is 1. The molecule has 82 valence electrons. The van der Waals surface area contributed by atoms with Crippen LogP contribution in [0.3, 0.4) is 0 Å². The van der Waals surface area contributed by atoms with E-state index in [0.717, 1.165) is 6.54 Å². The van der Waals surface area contributed by atoms with Gasteiger partial charge in [0.25, 0.3) is 0 Å². The molecular formula is C12H17NO2. The van der Waals surface area contributed by atoms with Crippen LogP contribution in [0.2, 0.25) is 0 Å². The number of aliphatic carboxylic acids is 1. The van der Waals surface area contributed by atoms with Crippen LogP contribution in [0.5, 0.6) is 0 Å². The molecule has 0 saturated heterocycles. The minimum absolute atomic E-state index is 0.0581. The maximum atomic E-state index is 10.5. The molecule has 1 unspecified atom stereocenters. The summed E-state index contributed by atoms with van der Waals surface area (Å²) in [5.74, 6) is -0.748. The van der Waals surface area contributed by atoms with Gasteiger partial charge in [-0.25, -0.2) is 0 Å². The van der Waals surface area contributed by atoms with Gasteiger partial charge in [-0.3, -0.25) is 9.69 Å². The van der Waals surface area contributed by atoms with Gasteiger partial charge in [-0.1, -0.05) is 30.3 Å². The van der Waals surface area contributed by atoms with E-state index >= 15 is 0 Å². The highest BCUT2D eigenvalue weighted by Gasteiger charge is 2.12. The third-order valence-electron chi connectivity index (χ3n) is 2.50. The molecule has 0 aliphatic heterocycles. The van der Waals surface area contributed by atoms with Crippen molar-refractivity contribution in [2.24, 2.45) is 0 Å². The summed E-state index contributed by atoms with van der Waals surface area (Å²) in [4.78, 5) is 12.6. The molecule has 1 N–H and O–H groups in total. The van der Waals surface area contributed by atoms with Crippen LogP contribution in [0.15, 0.2) is 30.3 Å². The van der Waals surface area contributed by atoms with Crippen molar-refractivity contribution in [3.05, 3.63) is 35.9 Å². The van der Waals surface area contributed by atoms with Crippen molar-refractivity contribution in [2.75, 3.05) is 7.05 Å². The van der Waals surface area contributed by atoms with Crippen molar-refractivity contribution in [3.8, 4) is 0 Å². The van der Waals surface area contributed by atoms with Crippen LogP contribution in [-0.4, -0.2) is 29.1 Å². The Morgan fingerprint density at radius 1 is 1.40 bits per heavy atom. The van der Waals surface area contributed by atoms with Crippen molar-refractivity contribution in [2.45, 2.75) is 25.9 Å². The number of rotatable bonds is 5. The number of carbonyl (C=O) groups is 1. The fourth-order valence-electron chi connectivity index (χ4n) is 1.44. The maximum Gasteiger partial charge on any atom is 0.304 e. The number of hydrogen-bond donors (Lipinski definition) is 1. The highest BCUT2D eigenvalue weighted by atomic mass is 16.4. The van der Waals surface area contributed by atoms with E-state index in [9.17, 15) is 4.79 Å². The fraction of sp³-hybridized carbons (Fsp3) is 0.417. The predicted octanol–water partition coefficient (Wildman–Crippen LogP) is 1.98. The smallest absolute Gasteiger partial charge is 0.304 e. The van der Waals surface area contributed by atoms with Gasteiger partial charge in [0.2, 0.25) is 0 Å². The number of carboxylic acids is 1. The van der Waals surface area contributed by atoms with Gasteiger partial charge in [0.1, 0.15) is 0 Å². The number of carboxylic acid groups (broad SMARTS) is 1. The van der Waals surface area contributed by atoms with E-state index in [1.165, 1.54) is 5.56 Å². The summed E-state index contributed by atoms with van der Waals surface area (Å²) in [6, 6.07) is 10.1. The Balaban J connectivity index is 2.48. The summed E-state index contributed by atoms with van der Waals surface area (Å²) in [6.07, 6.45) is 0.184. The molecule has 3 heteroatoms. The Morgan fingerprint density at radius 2 is 2.00 bits per heavy atom. The van der Waals surface area contributed by atoms with Gasteiger partial charge in [-0.2, -0.15) is 0 Å². The quantitative estimate of drug-likeness (QED) is 0.802. The van der Waals surface area contributed by atoms with Gasteiger partial charge in [-0.05, 0) is 19.5 Å². The second kappa shape index (κ2) is 5.51. The Labute approximate surface area is 90.3 Å². The lowest BCUT2D eigenvalue weighted by Crippen LogP contribution is -2.30. The molecule has 0 aliphatic carbocycles. The van der Waals surface area contributed by atoms with Gasteiger partial charge in [0, 0.05) is 12.6 Å².